The summed E-state index contributed by atoms with van der Waals surface area (Å²) in [5, 5.41) is 5.66. The van der Waals surface area contributed by atoms with Crippen molar-refractivity contribution >= 4 is 37.1 Å². The number of hydrogen-bond acceptors (Lipinski definition) is 0. The Morgan fingerprint density at radius 2 is 0.647 bits per heavy atom. The van der Waals surface area contributed by atoms with Crippen molar-refractivity contribution < 1.29 is 0 Å². The topological polar surface area (TPSA) is 0 Å². The molecule has 5 rings (SSSR count). The molecule has 5 aromatic rings. The molecule has 0 atom stereocenters. The molecule has 0 unspecified atom stereocenters. The van der Waals surface area contributed by atoms with Gasteiger partial charge in [-0.2, -0.15) is 0 Å². The van der Waals surface area contributed by atoms with Crippen LogP contribution in [0.4, 0.5) is 0 Å². The van der Waals surface area contributed by atoms with E-state index in [1.165, 1.54) is 32.3 Å². The Hall–Kier alpha value is -3.04. The summed E-state index contributed by atoms with van der Waals surface area (Å²) in [5.41, 5.74) is 2.60. The summed E-state index contributed by atoms with van der Waals surface area (Å²) in [6.07, 6.45) is 2.01. The number of hydrogen-bond donors (Lipinski definition) is 0. The van der Waals surface area contributed by atoms with Gasteiger partial charge in [0.2, 0.25) is 0 Å². The van der Waals surface area contributed by atoms with Gasteiger partial charge in [0.05, 0.1) is 0 Å². The Kier molecular flexibility index (Phi) is 7.62. The maximum Gasteiger partial charge on any atom is 0.00137 e. The Labute approximate surface area is 205 Å². The summed E-state index contributed by atoms with van der Waals surface area (Å²) in [4.78, 5) is 0. The van der Waals surface area contributed by atoms with Gasteiger partial charge in [0, 0.05) is 12.3 Å². The lowest BCUT2D eigenvalue weighted by atomic mass is 10.2. The van der Waals surface area contributed by atoms with Gasteiger partial charge in [-0.3, -0.25) is 0 Å². The molecule has 0 aromatic heterocycles. The fourth-order valence-electron chi connectivity index (χ4n) is 4.19. The fourth-order valence-corrected chi connectivity index (χ4v) is 8.70. The Bertz CT molecular complexity index is 1110. The summed E-state index contributed by atoms with van der Waals surface area (Å²) >= 11 is 0. The van der Waals surface area contributed by atoms with Crippen molar-refractivity contribution in [2.24, 2.45) is 0 Å². The van der Waals surface area contributed by atoms with Gasteiger partial charge in [-0.05, 0) is 54.3 Å². The van der Waals surface area contributed by atoms with Gasteiger partial charge in [0.1, 0.15) is 0 Å². The molecule has 0 aliphatic carbocycles. The average Bonchev–Trinajstić information content (AvgIpc) is 2.92. The van der Waals surface area contributed by atoms with E-state index in [4.69, 9.17) is 0 Å². The van der Waals surface area contributed by atoms with Gasteiger partial charge in [-0.15, -0.1) is 0 Å². The Balaban J connectivity index is 1.44. The molecule has 0 aliphatic rings. The molecule has 0 bridgehead atoms. The van der Waals surface area contributed by atoms with Crippen LogP contribution >= 0.6 is 15.8 Å². The molecule has 0 heterocycles. The lowest BCUT2D eigenvalue weighted by molar-refractivity contribution is 1.31. The molecule has 1 radical (unpaired) electrons. The summed E-state index contributed by atoms with van der Waals surface area (Å²) < 4.78 is 0. The predicted molar refractivity (Wildman–Crippen MR) is 151 cm³/mol. The van der Waals surface area contributed by atoms with E-state index in [1.807, 2.05) is 0 Å². The van der Waals surface area contributed by atoms with Crippen molar-refractivity contribution in [2.75, 3.05) is 0 Å². The third-order valence-electron chi connectivity index (χ3n) is 5.84. The first-order chi connectivity index (χ1) is 16.9. The van der Waals surface area contributed by atoms with E-state index in [1.54, 1.807) is 0 Å². The van der Waals surface area contributed by atoms with E-state index in [-0.39, 0.29) is 0 Å². The van der Waals surface area contributed by atoms with Crippen LogP contribution in [0.15, 0.2) is 140 Å². The highest BCUT2D eigenvalue weighted by Crippen LogP contribution is 2.40. The molecule has 0 nitrogen and oxygen atoms in total. The van der Waals surface area contributed by atoms with Gasteiger partial charge in [0.15, 0.2) is 0 Å². The maximum absolute atomic E-state index is 3.82. The number of rotatable bonds is 8. The molecule has 0 amide bonds. The highest BCUT2D eigenvalue weighted by Gasteiger charge is 2.17. The van der Waals surface area contributed by atoms with E-state index in [0.717, 1.165) is 12.3 Å². The van der Waals surface area contributed by atoms with Crippen molar-refractivity contribution in [1.82, 2.24) is 0 Å². The molecule has 0 saturated carbocycles. The minimum Gasteiger partial charge on any atom is -0.0622 e. The predicted octanol–water partition coefficient (Wildman–Crippen LogP) is 6.75. The SMILES string of the molecule is [c]1c(CP(c2ccccc2)c2ccccc2)cccc1CP(c1ccccc1)c1ccccc1. The van der Waals surface area contributed by atoms with Crippen molar-refractivity contribution in [2.45, 2.75) is 12.3 Å². The molecular formula is C32H27P2. The van der Waals surface area contributed by atoms with Crippen LogP contribution in [-0.2, 0) is 12.3 Å². The molecule has 0 aliphatic heterocycles. The van der Waals surface area contributed by atoms with Gasteiger partial charge < -0.3 is 0 Å². The average molecular weight is 474 g/mol. The van der Waals surface area contributed by atoms with Crippen LogP contribution in [0, 0.1) is 6.07 Å². The molecule has 0 fully saturated rings. The summed E-state index contributed by atoms with van der Waals surface area (Å²) in [6.45, 7) is 0. The standard InChI is InChI=1S/C32H27P2/c1-5-16-29(17-6-1)33(30-18-7-2-8-19-30)25-27-14-13-15-28(24-27)26-34(31-20-9-3-10-21-31)32-22-11-4-12-23-32/h1-23H,25-26H2. The van der Waals surface area contributed by atoms with Gasteiger partial charge >= 0.3 is 0 Å². The molecule has 0 N–H and O–H groups in total. The second kappa shape index (κ2) is 11.4. The van der Waals surface area contributed by atoms with Gasteiger partial charge in [-0.1, -0.05) is 140 Å². The van der Waals surface area contributed by atoms with Crippen LogP contribution in [-0.4, -0.2) is 0 Å². The molecule has 0 spiro atoms. The first-order valence-electron chi connectivity index (χ1n) is 11.6. The zero-order chi connectivity index (χ0) is 23.0. The van der Waals surface area contributed by atoms with Gasteiger partial charge in [-0.25, -0.2) is 0 Å². The third-order valence-corrected chi connectivity index (χ3v) is 10.8. The van der Waals surface area contributed by atoms with E-state index in [0.29, 0.717) is 0 Å². The second-order valence-corrected chi connectivity index (χ2v) is 12.6. The van der Waals surface area contributed by atoms with E-state index in [2.05, 4.69) is 146 Å². The smallest absolute Gasteiger partial charge is 0.00137 e. The first-order valence-corrected chi connectivity index (χ1v) is 14.7. The Morgan fingerprint density at radius 3 is 0.941 bits per heavy atom. The fraction of sp³-hybridized carbons (Fsp3) is 0.0625. The quantitative estimate of drug-likeness (QED) is 0.219. The van der Waals surface area contributed by atoms with E-state index >= 15 is 0 Å². The van der Waals surface area contributed by atoms with Crippen molar-refractivity contribution in [1.29, 1.82) is 0 Å². The molecular weight excluding hydrogens is 446 g/mol. The zero-order valence-corrected chi connectivity index (χ0v) is 20.9. The number of benzene rings is 5. The van der Waals surface area contributed by atoms with Crippen LogP contribution in [0.25, 0.3) is 0 Å². The summed E-state index contributed by atoms with van der Waals surface area (Å²) in [6, 6.07) is 54.3. The molecule has 5 aromatic carbocycles. The van der Waals surface area contributed by atoms with Crippen LogP contribution in [0.2, 0.25) is 0 Å². The van der Waals surface area contributed by atoms with Crippen LogP contribution in [0.1, 0.15) is 11.1 Å². The first kappa shape index (κ1) is 22.7. The normalized spacial score (nSPS) is 11.1. The van der Waals surface area contributed by atoms with E-state index in [9.17, 15) is 0 Å². The lowest BCUT2D eigenvalue weighted by Gasteiger charge is -2.21. The van der Waals surface area contributed by atoms with Crippen LogP contribution < -0.4 is 21.2 Å². The van der Waals surface area contributed by atoms with Crippen LogP contribution in [0.5, 0.6) is 0 Å². The third kappa shape index (κ3) is 5.71. The monoisotopic (exact) mass is 473 g/mol. The molecule has 34 heavy (non-hydrogen) atoms. The van der Waals surface area contributed by atoms with Crippen molar-refractivity contribution in [3.05, 3.63) is 157 Å². The highest BCUT2D eigenvalue weighted by atomic mass is 31.1. The highest BCUT2D eigenvalue weighted by molar-refractivity contribution is 7.72. The van der Waals surface area contributed by atoms with Gasteiger partial charge in [0.25, 0.3) is 0 Å². The molecule has 165 valence electrons. The molecule has 2 heteroatoms. The maximum atomic E-state index is 3.82. The van der Waals surface area contributed by atoms with E-state index < -0.39 is 15.8 Å². The van der Waals surface area contributed by atoms with Crippen molar-refractivity contribution in [3.63, 3.8) is 0 Å². The molecule has 0 saturated heterocycles. The summed E-state index contributed by atoms with van der Waals surface area (Å²) in [5.74, 6) is 0. The minimum absolute atomic E-state index is 0.473. The largest absolute Gasteiger partial charge is 0.0622 e. The zero-order valence-electron chi connectivity index (χ0n) is 19.1. The van der Waals surface area contributed by atoms with Crippen LogP contribution in [0.3, 0.4) is 0 Å². The Morgan fingerprint density at radius 1 is 0.353 bits per heavy atom. The van der Waals surface area contributed by atoms with Crippen molar-refractivity contribution in [3.8, 4) is 0 Å². The second-order valence-electron chi connectivity index (χ2n) is 8.22. The lowest BCUT2D eigenvalue weighted by Crippen LogP contribution is -2.14. The summed E-state index contributed by atoms with van der Waals surface area (Å²) in [7, 11) is -0.947. The minimum atomic E-state index is -0.473.